The first-order valence-corrected chi connectivity index (χ1v) is 5.44. The zero-order valence-corrected chi connectivity index (χ0v) is 8.84. The quantitative estimate of drug-likeness (QED) is 0.585. The van der Waals surface area contributed by atoms with Crippen LogP contribution in [0.2, 0.25) is 0 Å². The lowest BCUT2D eigenvalue weighted by Gasteiger charge is -2.36. The molecule has 0 aromatic rings. The Morgan fingerprint density at radius 3 is 2.50 bits per heavy atom. The van der Waals surface area contributed by atoms with Crippen LogP contribution in [0.4, 0.5) is 0 Å². The number of hydrogen-bond donors (Lipinski definition) is 0. The Morgan fingerprint density at radius 1 is 1.33 bits per heavy atom. The lowest BCUT2D eigenvalue weighted by molar-refractivity contribution is 0.145. The summed E-state index contributed by atoms with van der Waals surface area (Å²) in [6.45, 7) is 11.2. The maximum Gasteiger partial charge on any atom is -0.0362 e. The molecule has 1 aliphatic rings. The third-order valence-electron chi connectivity index (χ3n) is 3.53. The fourth-order valence-electron chi connectivity index (χ4n) is 2.73. The standard InChI is InChI=1S/C12H23/c1-5-11-8-10(4)6-7-12(11)9(2)3/h9-12H,1,5-8H2,2-4H3. The average molecular weight is 167 g/mol. The highest BCUT2D eigenvalue weighted by atomic mass is 14.3. The molecule has 0 amide bonds. The molecule has 3 atom stereocenters. The lowest BCUT2D eigenvalue weighted by atomic mass is 9.69. The van der Waals surface area contributed by atoms with Gasteiger partial charge < -0.3 is 0 Å². The Bertz CT molecular complexity index is 126. The van der Waals surface area contributed by atoms with E-state index in [1.54, 1.807) is 0 Å². The van der Waals surface area contributed by atoms with Crippen molar-refractivity contribution >= 4 is 0 Å². The van der Waals surface area contributed by atoms with Crippen molar-refractivity contribution < 1.29 is 0 Å². The Labute approximate surface area is 77.7 Å². The van der Waals surface area contributed by atoms with Gasteiger partial charge in [-0.15, -0.1) is 0 Å². The molecule has 1 saturated carbocycles. The molecule has 0 aromatic heterocycles. The molecule has 0 nitrogen and oxygen atoms in total. The number of rotatable bonds is 2. The molecule has 1 aliphatic carbocycles. The average Bonchev–Trinajstić information content (AvgIpc) is 2.03. The van der Waals surface area contributed by atoms with Gasteiger partial charge in [-0.1, -0.05) is 40.5 Å². The molecule has 0 aliphatic heterocycles. The van der Waals surface area contributed by atoms with Crippen molar-refractivity contribution in [2.75, 3.05) is 0 Å². The van der Waals surface area contributed by atoms with Gasteiger partial charge in [0.15, 0.2) is 0 Å². The molecule has 0 heteroatoms. The van der Waals surface area contributed by atoms with Crippen LogP contribution in [0.3, 0.4) is 0 Å². The summed E-state index contributed by atoms with van der Waals surface area (Å²) < 4.78 is 0. The topological polar surface area (TPSA) is 0 Å². The molecule has 0 N–H and O–H groups in total. The Kier molecular flexibility index (Phi) is 3.61. The minimum atomic E-state index is 0.865. The SMILES string of the molecule is [CH2]CC1CC(C)CCC1C(C)C. The molecule has 3 unspecified atom stereocenters. The van der Waals surface area contributed by atoms with Crippen LogP contribution in [-0.4, -0.2) is 0 Å². The van der Waals surface area contributed by atoms with Crippen LogP contribution >= 0.6 is 0 Å². The molecule has 12 heavy (non-hydrogen) atoms. The first-order chi connectivity index (χ1) is 5.65. The Hall–Kier alpha value is 0. The van der Waals surface area contributed by atoms with Crippen LogP contribution in [0.5, 0.6) is 0 Å². The third kappa shape index (κ3) is 2.24. The monoisotopic (exact) mass is 167 g/mol. The second-order valence-electron chi connectivity index (χ2n) is 4.87. The van der Waals surface area contributed by atoms with Crippen LogP contribution in [0, 0.1) is 30.6 Å². The van der Waals surface area contributed by atoms with E-state index in [0.29, 0.717) is 0 Å². The van der Waals surface area contributed by atoms with E-state index in [-0.39, 0.29) is 0 Å². The van der Waals surface area contributed by atoms with E-state index < -0.39 is 0 Å². The van der Waals surface area contributed by atoms with Crippen molar-refractivity contribution in [1.29, 1.82) is 0 Å². The molecule has 0 spiro atoms. The van der Waals surface area contributed by atoms with Gasteiger partial charge in [0, 0.05) is 0 Å². The van der Waals surface area contributed by atoms with E-state index in [1.807, 2.05) is 0 Å². The molecule has 0 heterocycles. The summed E-state index contributed by atoms with van der Waals surface area (Å²) >= 11 is 0. The predicted molar refractivity (Wildman–Crippen MR) is 54.8 cm³/mol. The van der Waals surface area contributed by atoms with Crippen molar-refractivity contribution in [1.82, 2.24) is 0 Å². The van der Waals surface area contributed by atoms with E-state index in [4.69, 9.17) is 0 Å². The highest BCUT2D eigenvalue weighted by molar-refractivity contribution is 4.80. The summed E-state index contributed by atoms with van der Waals surface area (Å²) in [7, 11) is 0. The van der Waals surface area contributed by atoms with Crippen molar-refractivity contribution in [3.63, 3.8) is 0 Å². The maximum atomic E-state index is 4.08. The maximum absolute atomic E-state index is 4.08. The first kappa shape index (κ1) is 10.1. The largest absolute Gasteiger partial charge is 0.0625 e. The van der Waals surface area contributed by atoms with Gasteiger partial charge in [-0.05, 0) is 36.5 Å². The van der Waals surface area contributed by atoms with E-state index in [9.17, 15) is 0 Å². The van der Waals surface area contributed by atoms with Gasteiger partial charge in [-0.3, -0.25) is 0 Å². The molecule has 0 bridgehead atoms. The summed E-state index contributed by atoms with van der Waals surface area (Å²) in [5, 5.41) is 0. The summed E-state index contributed by atoms with van der Waals surface area (Å²) in [5.74, 6) is 3.68. The highest BCUT2D eigenvalue weighted by Gasteiger charge is 2.28. The van der Waals surface area contributed by atoms with Gasteiger partial charge in [0.25, 0.3) is 0 Å². The summed E-state index contributed by atoms with van der Waals surface area (Å²) in [5.41, 5.74) is 0. The van der Waals surface area contributed by atoms with Gasteiger partial charge in [-0.25, -0.2) is 0 Å². The summed E-state index contributed by atoms with van der Waals surface area (Å²) in [4.78, 5) is 0. The molecule has 0 saturated heterocycles. The minimum Gasteiger partial charge on any atom is -0.0625 e. The van der Waals surface area contributed by atoms with E-state index in [2.05, 4.69) is 27.7 Å². The summed E-state index contributed by atoms with van der Waals surface area (Å²) in [6, 6.07) is 0. The van der Waals surface area contributed by atoms with Gasteiger partial charge in [-0.2, -0.15) is 0 Å². The summed E-state index contributed by atoms with van der Waals surface area (Å²) in [6.07, 6.45) is 5.46. The zero-order valence-electron chi connectivity index (χ0n) is 8.84. The molecule has 0 aromatic carbocycles. The van der Waals surface area contributed by atoms with Crippen LogP contribution in [-0.2, 0) is 0 Å². The van der Waals surface area contributed by atoms with Crippen molar-refractivity contribution in [3.8, 4) is 0 Å². The van der Waals surface area contributed by atoms with Crippen molar-refractivity contribution in [3.05, 3.63) is 6.92 Å². The predicted octanol–water partition coefficient (Wildman–Crippen LogP) is 3.92. The van der Waals surface area contributed by atoms with Gasteiger partial charge in [0.2, 0.25) is 0 Å². The normalized spacial score (nSPS) is 37.2. The number of hydrogen-bond acceptors (Lipinski definition) is 0. The molecule has 71 valence electrons. The van der Waals surface area contributed by atoms with Gasteiger partial charge >= 0.3 is 0 Å². The second kappa shape index (κ2) is 4.30. The van der Waals surface area contributed by atoms with Gasteiger partial charge in [0.05, 0.1) is 0 Å². The van der Waals surface area contributed by atoms with E-state index in [1.165, 1.54) is 19.3 Å². The second-order valence-corrected chi connectivity index (χ2v) is 4.87. The first-order valence-electron chi connectivity index (χ1n) is 5.44. The Balaban J connectivity index is 2.50. The van der Waals surface area contributed by atoms with Crippen LogP contribution in [0.1, 0.15) is 46.5 Å². The Morgan fingerprint density at radius 2 is 2.00 bits per heavy atom. The minimum absolute atomic E-state index is 0.865. The lowest BCUT2D eigenvalue weighted by Crippen LogP contribution is -2.27. The van der Waals surface area contributed by atoms with E-state index >= 15 is 0 Å². The molecule has 1 rings (SSSR count). The van der Waals surface area contributed by atoms with Crippen LogP contribution < -0.4 is 0 Å². The smallest absolute Gasteiger partial charge is 0.0362 e. The fraction of sp³-hybridized carbons (Fsp3) is 0.917. The molecule has 1 radical (unpaired) electrons. The van der Waals surface area contributed by atoms with Crippen molar-refractivity contribution in [2.24, 2.45) is 23.7 Å². The fourth-order valence-corrected chi connectivity index (χ4v) is 2.73. The van der Waals surface area contributed by atoms with E-state index in [0.717, 1.165) is 30.1 Å². The van der Waals surface area contributed by atoms with Crippen LogP contribution in [0.25, 0.3) is 0 Å². The van der Waals surface area contributed by atoms with Crippen molar-refractivity contribution in [2.45, 2.75) is 46.5 Å². The molecular weight excluding hydrogens is 144 g/mol. The molecular formula is C12H23. The third-order valence-corrected chi connectivity index (χ3v) is 3.53. The zero-order chi connectivity index (χ0) is 9.14. The van der Waals surface area contributed by atoms with Gasteiger partial charge in [0.1, 0.15) is 0 Å². The highest BCUT2D eigenvalue weighted by Crippen LogP contribution is 2.39. The molecule has 1 fully saturated rings. The van der Waals surface area contributed by atoms with Crippen LogP contribution in [0.15, 0.2) is 0 Å².